The standard InChI is InChI=1S/C16H12FNO4/c17-7-1-3-8(4-2-7)18-15(21)13-9-5-11(19)10(6-12(9)20)14(13)16(18)22/h1-4,9-10,13-14H,5-6H2/t9-,10+,13-,14-/m0/s1. The van der Waals surface area contributed by atoms with Crippen molar-refractivity contribution in [2.45, 2.75) is 12.8 Å². The second-order valence-corrected chi connectivity index (χ2v) is 6.09. The summed E-state index contributed by atoms with van der Waals surface area (Å²) >= 11 is 0. The van der Waals surface area contributed by atoms with Gasteiger partial charge in [-0.3, -0.25) is 24.1 Å². The zero-order valence-corrected chi connectivity index (χ0v) is 11.5. The summed E-state index contributed by atoms with van der Waals surface area (Å²) in [4.78, 5) is 50.3. The quantitative estimate of drug-likeness (QED) is 0.728. The lowest BCUT2D eigenvalue weighted by molar-refractivity contribution is -0.153. The van der Waals surface area contributed by atoms with Crippen molar-refractivity contribution in [1.29, 1.82) is 0 Å². The summed E-state index contributed by atoms with van der Waals surface area (Å²) in [5, 5.41) is 0. The number of anilines is 1. The first kappa shape index (κ1) is 13.3. The van der Waals surface area contributed by atoms with Crippen LogP contribution in [0.25, 0.3) is 0 Å². The highest BCUT2D eigenvalue weighted by atomic mass is 19.1. The van der Waals surface area contributed by atoms with E-state index < -0.39 is 41.3 Å². The van der Waals surface area contributed by atoms with Crippen LogP contribution in [0, 0.1) is 29.5 Å². The van der Waals surface area contributed by atoms with Gasteiger partial charge in [-0.1, -0.05) is 0 Å². The first-order valence-corrected chi connectivity index (χ1v) is 7.18. The number of carbonyl (C=O) groups is 4. The predicted molar refractivity (Wildman–Crippen MR) is 72.1 cm³/mol. The molecule has 1 aromatic rings. The Morgan fingerprint density at radius 2 is 1.27 bits per heavy atom. The topological polar surface area (TPSA) is 71.5 Å². The van der Waals surface area contributed by atoms with E-state index in [2.05, 4.69) is 0 Å². The second-order valence-electron chi connectivity index (χ2n) is 6.09. The normalized spacial score (nSPS) is 33.6. The number of halogens is 1. The molecule has 5 nitrogen and oxygen atoms in total. The van der Waals surface area contributed by atoms with Gasteiger partial charge in [-0.2, -0.15) is 0 Å². The number of imide groups is 1. The number of hydrogen-bond acceptors (Lipinski definition) is 4. The average Bonchev–Trinajstić information content (AvgIpc) is 2.75. The van der Waals surface area contributed by atoms with E-state index in [0.29, 0.717) is 0 Å². The summed E-state index contributed by atoms with van der Waals surface area (Å²) in [5.41, 5.74) is 0.282. The second kappa shape index (κ2) is 4.32. The van der Waals surface area contributed by atoms with E-state index in [9.17, 15) is 23.6 Å². The van der Waals surface area contributed by atoms with Crippen molar-refractivity contribution in [3.63, 3.8) is 0 Å². The fourth-order valence-electron chi connectivity index (χ4n) is 4.02. The van der Waals surface area contributed by atoms with E-state index in [1.54, 1.807) is 0 Å². The van der Waals surface area contributed by atoms with Crippen LogP contribution in [0.15, 0.2) is 24.3 Å². The van der Waals surface area contributed by atoms with Crippen molar-refractivity contribution >= 4 is 29.1 Å². The van der Waals surface area contributed by atoms with E-state index in [0.717, 1.165) is 4.90 Å². The maximum absolute atomic E-state index is 13.0. The summed E-state index contributed by atoms with van der Waals surface area (Å²) in [6, 6.07) is 5.05. The number of benzene rings is 1. The molecule has 0 radical (unpaired) electrons. The van der Waals surface area contributed by atoms with E-state index in [1.165, 1.54) is 24.3 Å². The van der Waals surface area contributed by atoms with Crippen LogP contribution >= 0.6 is 0 Å². The third kappa shape index (κ3) is 1.58. The summed E-state index contributed by atoms with van der Waals surface area (Å²) in [7, 11) is 0. The number of carbonyl (C=O) groups excluding carboxylic acids is 4. The van der Waals surface area contributed by atoms with Gasteiger partial charge in [0, 0.05) is 24.7 Å². The number of amides is 2. The SMILES string of the molecule is O=C1C[C@H]2C(=O)C[C@H]1[C@@H]1C(=O)N(c3ccc(F)cc3)C(=O)[C@H]12. The van der Waals surface area contributed by atoms with Gasteiger partial charge in [0.15, 0.2) is 0 Å². The van der Waals surface area contributed by atoms with Crippen LogP contribution in [0.1, 0.15) is 12.8 Å². The average molecular weight is 301 g/mol. The lowest BCUT2D eigenvalue weighted by atomic mass is 9.58. The minimum atomic E-state index is -0.735. The third-order valence-corrected chi connectivity index (χ3v) is 5.02. The molecule has 1 saturated heterocycles. The van der Waals surface area contributed by atoms with Crippen LogP contribution in [-0.4, -0.2) is 23.4 Å². The Labute approximate surface area is 125 Å². The molecular weight excluding hydrogens is 289 g/mol. The van der Waals surface area contributed by atoms with Crippen LogP contribution in [0.5, 0.6) is 0 Å². The van der Waals surface area contributed by atoms with E-state index in [4.69, 9.17) is 0 Å². The summed E-state index contributed by atoms with van der Waals surface area (Å²) in [6.07, 6.45) is 0.113. The van der Waals surface area contributed by atoms with Crippen LogP contribution in [0.2, 0.25) is 0 Å². The molecule has 5 rings (SSSR count). The third-order valence-electron chi connectivity index (χ3n) is 5.02. The number of nitrogens with zero attached hydrogens (tertiary/aromatic N) is 1. The van der Waals surface area contributed by atoms with Crippen molar-refractivity contribution in [3.8, 4) is 0 Å². The van der Waals surface area contributed by atoms with Crippen LogP contribution in [0.4, 0.5) is 10.1 Å². The molecule has 3 aliphatic carbocycles. The van der Waals surface area contributed by atoms with Crippen molar-refractivity contribution in [1.82, 2.24) is 0 Å². The monoisotopic (exact) mass is 301 g/mol. The van der Waals surface area contributed by atoms with Gasteiger partial charge in [0.25, 0.3) is 0 Å². The number of ketones is 2. The molecule has 22 heavy (non-hydrogen) atoms. The van der Waals surface area contributed by atoms with Crippen molar-refractivity contribution in [2.24, 2.45) is 23.7 Å². The fraction of sp³-hybridized carbons (Fsp3) is 0.375. The Morgan fingerprint density at radius 1 is 0.818 bits per heavy atom. The van der Waals surface area contributed by atoms with Crippen LogP contribution in [0.3, 0.4) is 0 Å². The molecule has 0 N–H and O–H groups in total. The van der Waals surface area contributed by atoms with E-state index in [-0.39, 0.29) is 30.1 Å². The predicted octanol–water partition coefficient (Wildman–Crippen LogP) is 1.11. The van der Waals surface area contributed by atoms with Crippen molar-refractivity contribution < 1.29 is 23.6 Å². The first-order valence-electron chi connectivity index (χ1n) is 7.18. The Bertz CT molecular complexity index is 686. The van der Waals surface area contributed by atoms with Crippen LogP contribution < -0.4 is 4.90 Å². The van der Waals surface area contributed by atoms with Gasteiger partial charge in [-0.15, -0.1) is 0 Å². The molecule has 2 amide bonds. The first-order chi connectivity index (χ1) is 10.5. The maximum atomic E-state index is 13.0. The molecule has 4 atom stereocenters. The molecule has 4 fully saturated rings. The zero-order chi connectivity index (χ0) is 15.6. The summed E-state index contributed by atoms with van der Waals surface area (Å²) in [6.45, 7) is 0. The van der Waals surface area contributed by atoms with Crippen LogP contribution in [-0.2, 0) is 19.2 Å². The number of rotatable bonds is 1. The molecule has 1 aliphatic heterocycles. The fourth-order valence-corrected chi connectivity index (χ4v) is 4.02. The van der Waals surface area contributed by atoms with E-state index >= 15 is 0 Å². The summed E-state index contributed by atoms with van der Waals surface area (Å²) < 4.78 is 13.0. The number of Topliss-reactive ketones (excluding diaryl/α,β-unsaturated/α-hetero) is 2. The lowest BCUT2D eigenvalue weighted by Gasteiger charge is -2.40. The Balaban J connectivity index is 1.78. The molecule has 0 aromatic heterocycles. The van der Waals surface area contributed by atoms with Crippen molar-refractivity contribution in [3.05, 3.63) is 30.1 Å². The lowest BCUT2D eigenvalue weighted by Crippen LogP contribution is -2.51. The number of fused-ring (bicyclic) bond motifs is 2. The van der Waals surface area contributed by atoms with Gasteiger partial charge in [0.1, 0.15) is 17.4 Å². The molecule has 1 heterocycles. The number of hydrogen-bond donors (Lipinski definition) is 0. The molecule has 112 valence electrons. The smallest absolute Gasteiger partial charge is 0.238 e. The van der Waals surface area contributed by atoms with Gasteiger partial charge in [-0.25, -0.2) is 4.39 Å². The van der Waals surface area contributed by atoms with Crippen molar-refractivity contribution in [2.75, 3.05) is 4.90 Å². The molecule has 1 aromatic carbocycles. The van der Waals surface area contributed by atoms with Gasteiger partial charge in [0.05, 0.1) is 17.5 Å². The minimum absolute atomic E-state index is 0.0565. The van der Waals surface area contributed by atoms with Gasteiger partial charge >= 0.3 is 0 Å². The highest BCUT2D eigenvalue weighted by Gasteiger charge is 2.63. The largest absolute Gasteiger partial charge is 0.299 e. The molecule has 6 heteroatoms. The minimum Gasteiger partial charge on any atom is -0.299 e. The Hall–Kier alpha value is -2.37. The van der Waals surface area contributed by atoms with Gasteiger partial charge < -0.3 is 0 Å². The van der Waals surface area contributed by atoms with E-state index in [1.807, 2.05) is 0 Å². The van der Waals surface area contributed by atoms with Gasteiger partial charge in [0.2, 0.25) is 11.8 Å². The van der Waals surface area contributed by atoms with Gasteiger partial charge in [-0.05, 0) is 24.3 Å². The highest BCUT2D eigenvalue weighted by molar-refractivity contribution is 6.25. The highest BCUT2D eigenvalue weighted by Crippen LogP contribution is 2.50. The summed E-state index contributed by atoms with van der Waals surface area (Å²) in [5.74, 6) is -4.39. The molecular formula is C16H12FNO4. The molecule has 0 unspecified atom stereocenters. The molecule has 0 spiro atoms. The molecule has 2 bridgehead atoms. The molecule has 4 aliphatic rings. The maximum Gasteiger partial charge on any atom is 0.238 e. The molecule has 3 saturated carbocycles. The Morgan fingerprint density at radius 3 is 1.73 bits per heavy atom. The Kier molecular flexibility index (Phi) is 2.61. The zero-order valence-electron chi connectivity index (χ0n) is 11.5.